The van der Waals surface area contributed by atoms with Gasteiger partial charge in [0.2, 0.25) is 5.91 Å². The van der Waals surface area contributed by atoms with Gasteiger partial charge < -0.3 is 29.0 Å². The van der Waals surface area contributed by atoms with E-state index in [-0.39, 0.29) is 5.91 Å². The first-order chi connectivity index (χ1) is 15.2. The molecule has 0 saturated carbocycles. The second-order valence-corrected chi connectivity index (χ2v) is 7.27. The summed E-state index contributed by atoms with van der Waals surface area (Å²) in [7, 11) is 0. The summed E-state index contributed by atoms with van der Waals surface area (Å²) in [5, 5.41) is 2.71. The van der Waals surface area contributed by atoms with E-state index in [2.05, 4.69) is 12.2 Å². The van der Waals surface area contributed by atoms with Crippen molar-refractivity contribution in [3.8, 4) is 5.75 Å². The average Bonchev–Trinajstić information content (AvgIpc) is 2.76. The number of nitrogens with one attached hydrogen (secondary N) is 1. The Morgan fingerprint density at radius 1 is 0.677 bits per heavy atom. The first-order valence-corrected chi connectivity index (χ1v) is 11.5. The van der Waals surface area contributed by atoms with Crippen LogP contribution in [0.5, 0.6) is 5.75 Å². The Kier molecular flexibility index (Phi) is 17.9. The molecule has 1 aromatic rings. The molecule has 0 radical (unpaired) electrons. The van der Waals surface area contributed by atoms with Crippen molar-refractivity contribution in [2.75, 3.05) is 64.8 Å². The summed E-state index contributed by atoms with van der Waals surface area (Å²) in [4.78, 5) is 11.0. The van der Waals surface area contributed by atoms with Crippen LogP contribution in [0, 0.1) is 0 Å². The van der Waals surface area contributed by atoms with E-state index in [1.807, 2.05) is 12.1 Å². The zero-order valence-corrected chi connectivity index (χ0v) is 19.4. The van der Waals surface area contributed by atoms with Gasteiger partial charge in [-0.25, -0.2) is 0 Å². The topological polar surface area (TPSA) is 75.2 Å². The molecule has 0 aromatic heterocycles. The van der Waals surface area contributed by atoms with Crippen LogP contribution >= 0.6 is 0 Å². The van der Waals surface area contributed by atoms with Crippen LogP contribution in [0.3, 0.4) is 0 Å². The van der Waals surface area contributed by atoms with Crippen LogP contribution < -0.4 is 10.1 Å². The number of hydrogen-bond acceptors (Lipinski definition) is 6. The molecule has 7 heteroatoms. The lowest BCUT2D eigenvalue weighted by atomic mass is 10.1. The lowest BCUT2D eigenvalue weighted by molar-refractivity contribution is -0.114. The molecule has 1 N–H and O–H groups in total. The molecule has 0 bridgehead atoms. The molecule has 0 fully saturated rings. The quantitative estimate of drug-likeness (QED) is 0.285. The van der Waals surface area contributed by atoms with E-state index in [0.29, 0.717) is 52.9 Å². The van der Waals surface area contributed by atoms with E-state index in [4.69, 9.17) is 23.7 Å². The summed E-state index contributed by atoms with van der Waals surface area (Å²) < 4.78 is 27.6. The minimum absolute atomic E-state index is 0.0938. The minimum Gasteiger partial charge on any atom is -0.491 e. The maximum absolute atomic E-state index is 11.0. The lowest BCUT2D eigenvalue weighted by Crippen LogP contribution is -2.14. The van der Waals surface area contributed by atoms with Gasteiger partial charge in [0.1, 0.15) is 12.4 Å². The highest BCUT2D eigenvalue weighted by Gasteiger charge is 1.98. The number of unbranched alkanes of at least 4 members (excludes halogenated alkanes) is 5. The third-order valence-electron chi connectivity index (χ3n) is 4.43. The van der Waals surface area contributed by atoms with E-state index >= 15 is 0 Å². The zero-order valence-electron chi connectivity index (χ0n) is 19.4. The molecule has 0 saturated heterocycles. The first-order valence-electron chi connectivity index (χ1n) is 11.5. The number of anilines is 1. The molecular weight excluding hydrogens is 398 g/mol. The Hall–Kier alpha value is -1.67. The fourth-order valence-corrected chi connectivity index (χ4v) is 2.80. The van der Waals surface area contributed by atoms with Gasteiger partial charge in [-0.2, -0.15) is 0 Å². The SMILES string of the molecule is CCCCCCCCOCCOCCOCCOCCOc1ccc(NC(C)=O)cc1. The smallest absolute Gasteiger partial charge is 0.221 e. The van der Waals surface area contributed by atoms with Crippen molar-refractivity contribution >= 4 is 11.6 Å². The third-order valence-corrected chi connectivity index (χ3v) is 4.43. The molecule has 1 amide bonds. The molecule has 178 valence electrons. The van der Waals surface area contributed by atoms with Gasteiger partial charge >= 0.3 is 0 Å². The molecule has 0 heterocycles. The van der Waals surface area contributed by atoms with E-state index in [1.54, 1.807) is 12.1 Å². The Morgan fingerprint density at radius 3 is 1.71 bits per heavy atom. The molecular formula is C24H41NO6. The van der Waals surface area contributed by atoms with Gasteiger partial charge in [0.15, 0.2) is 0 Å². The van der Waals surface area contributed by atoms with Crippen molar-refractivity contribution in [2.24, 2.45) is 0 Å². The normalized spacial score (nSPS) is 10.9. The maximum atomic E-state index is 11.0. The minimum atomic E-state index is -0.0938. The number of rotatable bonds is 21. The summed E-state index contributed by atoms with van der Waals surface area (Å²) in [6.45, 7) is 8.92. The van der Waals surface area contributed by atoms with Crippen LogP contribution in [0.1, 0.15) is 52.4 Å². The molecule has 0 aliphatic rings. The van der Waals surface area contributed by atoms with Crippen molar-refractivity contribution in [1.29, 1.82) is 0 Å². The number of ether oxygens (including phenoxy) is 5. The van der Waals surface area contributed by atoms with Crippen LogP contribution in [0.2, 0.25) is 0 Å². The monoisotopic (exact) mass is 439 g/mol. The fraction of sp³-hybridized carbons (Fsp3) is 0.708. The van der Waals surface area contributed by atoms with E-state index in [1.165, 1.54) is 39.0 Å². The Labute approximate surface area is 187 Å². The predicted molar refractivity (Wildman–Crippen MR) is 123 cm³/mol. The molecule has 1 aromatic carbocycles. The van der Waals surface area contributed by atoms with Crippen molar-refractivity contribution < 1.29 is 28.5 Å². The summed E-state index contributed by atoms with van der Waals surface area (Å²) in [5.41, 5.74) is 0.748. The van der Waals surface area contributed by atoms with Gasteiger partial charge in [0.25, 0.3) is 0 Å². The van der Waals surface area contributed by atoms with E-state index in [0.717, 1.165) is 24.5 Å². The molecule has 0 unspecified atom stereocenters. The highest BCUT2D eigenvalue weighted by molar-refractivity contribution is 5.88. The highest BCUT2D eigenvalue weighted by atomic mass is 16.6. The second kappa shape index (κ2) is 20.2. The Morgan fingerprint density at radius 2 is 1.16 bits per heavy atom. The van der Waals surface area contributed by atoms with Crippen molar-refractivity contribution in [3.05, 3.63) is 24.3 Å². The first kappa shape index (κ1) is 27.4. The van der Waals surface area contributed by atoms with Crippen LogP contribution in [-0.2, 0) is 23.7 Å². The molecule has 1 rings (SSSR count). The van der Waals surface area contributed by atoms with Crippen molar-refractivity contribution in [2.45, 2.75) is 52.4 Å². The number of benzene rings is 1. The molecule has 0 aliphatic carbocycles. The standard InChI is InChI=1S/C24H41NO6/c1-3-4-5-6-7-8-13-27-14-15-28-16-17-29-18-19-30-20-21-31-24-11-9-23(10-12-24)25-22(2)26/h9-12H,3-8,13-21H2,1-2H3,(H,25,26). The average molecular weight is 440 g/mol. The van der Waals surface area contributed by atoms with Crippen molar-refractivity contribution in [3.63, 3.8) is 0 Å². The Balaban J connectivity index is 1.77. The number of amides is 1. The van der Waals surface area contributed by atoms with Gasteiger partial charge in [-0.3, -0.25) is 4.79 Å². The summed E-state index contributed by atoms with van der Waals surface area (Å²) >= 11 is 0. The van der Waals surface area contributed by atoms with Gasteiger partial charge in [0, 0.05) is 19.2 Å². The predicted octanol–water partition coefficient (Wildman–Crippen LogP) is 4.45. The second-order valence-electron chi connectivity index (χ2n) is 7.27. The largest absolute Gasteiger partial charge is 0.491 e. The molecule has 7 nitrogen and oxygen atoms in total. The van der Waals surface area contributed by atoms with Crippen LogP contribution in [0.4, 0.5) is 5.69 Å². The highest BCUT2D eigenvalue weighted by Crippen LogP contribution is 2.15. The molecule has 0 atom stereocenters. The number of carbonyl (C=O) groups is 1. The van der Waals surface area contributed by atoms with Gasteiger partial charge in [-0.15, -0.1) is 0 Å². The molecule has 31 heavy (non-hydrogen) atoms. The zero-order chi connectivity index (χ0) is 22.4. The maximum Gasteiger partial charge on any atom is 0.221 e. The summed E-state index contributed by atoms with van der Waals surface area (Å²) in [5.74, 6) is 0.644. The lowest BCUT2D eigenvalue weighted by Gasteiger charge is -2.09. The molecule has 0 aliphatic heterocycles. The van der Waals surface area contributed by atoms with Crippen LogP contribution in [0.25, 0.3) is 0 Å². The summed E-state index contributed by atoms with van der Waals surface area (Å²) in [6.07, 6.45) is 7.69. The fourth-order valence-electron chi connectivity index (χ4n) is 2.80. The van der Waals surface area contributed by atoms with Gasteiger partial charge in [0.05, 0.1) is 46.2 Å². The molecule has 0 spiro atoms. The van der Waals surface area contributed by atoms with E-state index < -0.39 is 0 Å². The van der Waals surface area contributed by atoms with Crippen molar-refractivity contribution in [1.82, 2.24) is 0 Å². The van der Waals surface area contributed by atoms with Gasteiger partial charge in [-0.1, -0.05) is 39.0 Å². The van der Waals surface area contributed by atoms with Crippen LogP contribution in [0.15, 0.2) is 24.3 Å². The summed E-state index contributed by atoms with van der Waals surface area (Å²) in [6, 6.07) is 7.23. The number of carbonyl (C=O) groups excluding carboxylic acids is 1. The van der Waals surface area contributed by atoms with Gasteiger partial charge in [-0.05, 0) is 30.7 Å². The number of hydrogen-bond donors (Lipinski definition) is 1. The van der Waals surface area contributed by atoms with Crippen LogP contribution in [-0.4, -0.2) is 65.4 Å². The Bertz CT molecular complexity index is 537. The van der Waals surface area contributed by atoms with E-state index in [9.17, 15) is 4.79 Å². The third kappa shape index (κ3) is 17.7.